The normalized spacial score (nSPS) is 18.4. The Morgan fingerprint density at radius 2 is 1.90 bits per heavy atom. The lowest BCUT2D eigenvalue weighted by Gasteiger charge is -2.28. The van der Waals surface area contributed by atoms with Crippen molar-refractivity contribution in [3.05, 3.63) is 0 Å². The Balaban J connectivity index is 2.29. The van der Waals surface area contributed by atoms with Gasteiger partial charge in [-0.1, -0.05) is 20.8 Å². The average molecular weight is 303 g/mol. The van der Waals surface area contributed by atoms with Crippen LogP contribution in [0.5, 0.6) is 0 Å². The third-order valence-electron chi connectivity index (χ3n) is 3.21. The lowest BCUT2D eigenvalue weighted by atomic mass is 9.87. The van der Waals surface area contributed by atoms with Gasteiger partial charge in [0.15, 0.2) is 0 Å². The molecule has 0 aliphatic carbocycles. The van der Waals surface area contributed by atoms with Crippen molar-refractivity contribution in [2.75, 3.05) is 37.7 Å². The van der Waals surface area contributed by atoms with Crippen LogP contribution in [0, 0.1) is 5.41 Å². The molecule has 116 valence electrons. The summed E-state index contributed by atoms with van der Waals surface area (Å²) in [6.07, 6.45) is 0. The van der Waals surface area contributed by atoms with E-state index in [1.807, 2.05) is 11.8 Å². The second-order valence-corrected chi connectivity index (χ2v) is 7.22. The molecule has 0 bridgehead atoms. The van der Waals surface area contributed by atoms with Gasteiger partial charge in [-0.05, 0) is 5.41 Å². The van der Waals surface area contributed by atoms with Crippen LogP contribution in [0.25, 0.3) is 0 Å². The van der Waals surface area contributed by atoms with E-state index in [9.17, 15) is 9.59 Å². The predicted octanol–water partition coefficient (Wildman–Crippen LogP) is 0.834. The highest BCUT2D eigenvalue weighted by Crippen LogP contribution is 2.19. The zero-order valence-electron chi connectivity index (χ0n) is 12.4. The van der Waals surface area contributed by atoms with E-state index in [0.717, 1.165) is 31.1 Å². The topological polar surface area (TPSA) is 81.7 Å². The Bertz CT molecular complexity index is 338. The summed E-state index contributed by atoms with van der Waals surface area (Å²) in [6, 6.07) is -1.31. The molecule has 0 spiro atoms. The molecule has 7 heteroatoms. The van der Waals surface area contributed by atoms with Gasteiger partial charge in [0.1, 0.15) is 6.04 Å². The molecule has 0 aromatic heterocycles. The fraction of sp³-hybridized carbons (Fsp3) is 0.846. The van der Waals surface area contributed by atoms with Gasteiger partial charge in [0, 0.05) is 37.7 Å². The zero-order chi connectivity index (χ0) is 15.2. The maximum Gasteiger partial charge on any atom is 0.326 e. The number of hydrogen-bond acceptors (Lipinski definition) is 4. The van der Waals surface area contributed by atoms with E-state index in [4.69, 9.17) is 5.11 Å². The van der Waals surface area contributed by atoms with Gasteiger partial charge in [0.2, 0.25) is 0 Å². The van der Waals surface area contributed by atoms with E-state index in [1.54, 1.807) is 20.8 Å². The maximum atomic E-state index is 11.7. The molecular weight excluding hydrogens is 278 g/mol. The van der Waals surface area contributed by atoms with Gasteiger partial charge in [-0.15, -0.1) is 0 Å². The van der Waals surface area contributed by atoms with E-state index in [1.165, 1.54) is 0 Å². The zero-order valence-corrected chi connectivity index (χ0v) is 13.3. The number of carbonyl (C=O) groups is 2. The number of aliphatic carboxylic acids is 1. The van der Waals surface area contributed by atoms with Gasteiger partial charge in [-0.25, -0.2) is 9.59 Å². The Morgan fingerprint density at radius 3 is 2.40 bits per heavy atom. The molecule has 2 amide bonds. The third-order valence-corrected chi connectivity index (χ3v) is 4.15. The first-order valence-corrected chi connectivity index (χ1v) is 8.03. The maximum absolute atomic E-state index is 11.7. The van der Waals surface area contributed by atoms with Crippen LogP contribution >= 0.6 is 11.8 Å². The Labute approximate surface area is 124 Å². The first-order valence-electron chi connectivity index (χ1n) is 6.88. The summed E-state index contributed by atoms with van der Waals surface area (Å²) >= 11 is 1.95. The van der Waals surface area contributed by atoms with Crippen molar-refractivity contribution in [1.82, 2.24) is 15.5 Å². The monoisotopic (exact) mass is 303 g/mol. The van der Waals surface area contributed by atoms with E-state index >= 15 is 0 Å². The third kappa shape index (κ3) is 6.00. The summed E-state index contributed by atoms with van der Waals surface area (Å²) in [6.45, 7) is 8.81. The van der Waals surface area contributed by atoms with Crippen LogP contribution in [-0.2, 0) is 4.79 Å². The fourth-order valence-corrected chi connectivity index (χ4v) is 2.96. The van der Waals surface area contributed by atoms with E-state index in [0.29, 0.717) is 6.54 Å². The summed E-state index contributed by atoms with van der Waals surface area (Å²) in [7, 11) is 0. The van der Waals surface area contributed by atoms with Crippen LogP contribution in [0.3, 0.4) is 0 Å². The van der Waals surface area contributed by atoms with Crippen LogP contribution < -0.4 is 10.6 Å². The van der Waals surface area contributed by atoms with Crippen LogP contribution in [0.15, 0.2) is 0 Å². The second kappa shape index (κ2) is 7.73. The highest BCUT2D eigenvalue weighted by molar-refractivity contribution is 7.99. The van der Waals surface area contributed by atoms with Crippen LogP contribution in [0.1, 0.15) is 20.8 Å². The number of carboxylic acids is 1. The van der Waals surface area contributed by atoms with Crippen molar-refractivity contribution in [3.63, 3.8) is 0 Å². The van der Waals surface area contributed by atoms with E-state index < -0.39 is 23.5 Å². The number of urea groups is 1. The van der Waals surface area contributed by atoms with Crippen LogP contribution in [-0.4, -0.2) is 65.7 Å². The first kappa shape index (κ1) is 17.1. The molecule has 1 saturated heterocycles. The molecule has 1 heterocycles. The molecule has 0 saturated carbocycles. The number of hydrogen-bond donors (Lipinski definition) is 3. The summed E-state index contributed by atoms with van der Waals surface area (Å²) < 4.78 is 0. The molecule has 1 atom stereocenters. The lowest BCUT2D eigenvalue weighted by molar-refractivity contribution is -0.141. The SMILES string of the molecule is CC(C)(C)[C@@H](NC(=O)NCCN1CCSCC1)C(=O)O. The van der Waals surface area contributed by atoms with Crippen LogP contribution in [0.2, 0.25) is 0 Å². The second-order valence-electron chi connectivity index (χ2n) is 5.99. The molecule has 0 radical (unpaired) electrons. The molecule has 20 heavy (non-hydrogen) atoms. The van der Waals surface area contributed by atoms with Crippen LogP contribution in [0.4, 0.5) is 4.79 Å². The molecule has 3 N–H and O–H groups in total. The minimum absolute atomic E-state index is 0.418. The molecular formula is C13H25N3O3S. The minimum atomic E-state index is -1.01. The summed E-state index contributed by atoms with van der Waals surface area (Å²) in [5, 5.41) is 14.4. The molecule has 0 aromatic rings. The minimum Gasteiger partial charge on any atom is -0.480 e. The Hall–Kier alpha value is -0.950. The quantitative estimate of drug-likeness (QED) is 0.701. The van der Waals surface area contributed by atoms with Crippen molar-refractivity contribution in [2.45, 2.75) is 26.8 Å². The molecule has 1 aliphatic heterocycles. The number of nitrogens with one attached hydrogen (secondary N) is 2. The summed E-state index contributed by atoms with van der Waals surface area (Å²) in [5.41, 5.74) is -0.521. The molecule has 0 aromatic carbocycles. The number of amides is 2. The number of nitrogens with zero attached hydrogens (tertiary/aromatic N) is 1. The highest BCUT2D eigenvalue weighted by atomic mass is 32.2. The first-order chi connectivity index (χ1) is 9.30. The molecule has 1 fully saturated rings. The number of rotatable bonds is 5. The number of carbonyl (C=O) groups excluding carboxylic acids is 1. The van der Waals surface area contributed by atoms with Gasteiger partial charge < -0.3 is 15.7 Å². The Kier molecular flexibility index (Phi) is 6.61. The highest BCUT2D eigenvalue weighted by Gasteiger charge is 2.32. The van der Waals surface area contributed by atoms with Crippen molar-refractivity contribution in [2.24, 2.45) is 5.41 Å². The van der Waals surface area contributed by atoms with Gasteiger partial charge in [-0.3, -0.25) is 4.90 Å². The molecule has 1 aliphatic rings. The number of thioether (sulfide) groups is 1. The van der Waals surface area contributed by atoms with Gasteiger partial charge in [-0.2, -0.15) is 11.8 Å². The van der Waals surface area contributed by atoms with E-state index in [2.05, 4.69) is 15.5 Å². The van der Waals surface area contributed by atoms with E-state index in [-0.39, 0.29) is 0 Å². The Morgan fingerprint density at radius 1 is 1.30 bits per heavy atom. The standard InChI is InChI=1S/C13H25N3O3S/c1-13(2,3)10(11(17)18)15-12(19)14-4-5-16-6-8-20-9-7-16/h10H,4-9H2,1-3H3,(H,17,18)(H2,14,15,19)/t10-/m0/s1. The van der Waals surface area contributed by atoms with Gasteiger partial charge in [0.25, 0.3) is 0 Å². The van der Waals surface area contributed by atoms with Crippen molar-refractivity contribution >= 4 is 23.8 Å². The van der Waals surface area contributed by atoms with Crippen molar-refractivity contribution in [3.8, 4) is 0 Å². The van der Waals surface area contributed by atoms with Crippen molar-refractivity contribution < 1.29 is 14.7 Å². The summed E-state index contributed by atoms with van der Waals surface area (Å²) in [5.74, 6) is 1.26. The smallest absolute Gasteiger partial charge is 0.326 e. The van der Waals surface area contributed by atoms with Gasteiger partial charge >= 0.3 is 12.0 Å². The average Bonchev–Trinajstić information content (AvgIpc) is 2.35. The van der Waals surface area contributed by atoms with Crippen molar-refractivity contribution in [1.29, 1.82) is 0 Å². The molecule has 1 rings (SSSR count). The lowest BCUT2D eigenvalue weighted by Crippen LogP contribution is -2.53. The van der Waals surface area contributed by atoms with Gasteiger partial charge in [0.05, 0.1) is 0 Å². The largest absolute Gasteiger partial charge is 0.480 e. The fourth-order valence-electron chi connectivity index (χ4n) is 1.98. The summed E-state index contributed by atoms with van der Waals surface area (Å²) in [4.78, 5) is 25.2. The molecule has 0 unspecified atom stereocenters. The number of carboxylic acid groups (broad SMARTS) is 1. The molecule has 6 nitrogen and oxygen atoms in total. The predicted molar refractivity (Wildman–Crippen MR) is 81.2 cm³/mol.